The molecule has 1 unspecified atom stereocenters. The number of urea groups is 1. The van der Waals surface area contributed by atoms with Crippen molar-refractivity contribution in [2.75, 3.05) is 19.6 Å². The highest BCUT2D eigenvalue weighted by Gasteiger charge is 2.40. The second-order valence-corrected chi connectivity index (χ2v) is 4.90. The molecule has 2 aliphatic rings. The molecule has 5 heteroatoms. The predicted molar refractivity (Wildman–Crippen MR) is 54.1 cm³/mol. The number of carbonyl (C=O) groups excluding carboxylic acids is 1. The number of hydrogen-bond acceptors (Lipinski definition) is 2. The molecule has 0 bridgehead atoms. The standard InChI is InChI=1S/C7H12IN3O/c8-11-3-1-2-7(5-11)4-9-6(12)10-7/h1-5H2,(H2,9,10,12). The molecule has 2 saturated heterocycles. The van der Waals surface area contributed by atoms with Crippen LogP contribution in [-0.4, -0.2) is 34.3 Å². The van der Waals surface area contributed by atoms with Crippen LogP contribution in [-0.2, 0) is 0 Å². The first-order valence-electron chi connectivity index (χ1n) is 4.17. The van der Waals surface area contributed by atoms with E-state index in [-0.39, 0.29) is 11.6 Å². The first kappa shape index (κ1) is 8.55. The molecule has 12 heavy (non-hydrogen) atoms. The summed E-state index contributed by atoms with van der Waals surface area (Å²) in [6.07, 6.45) is 2.27. The van der Waals surface area contributed by atoms with Crippen LogP contribution < -0.4 is 10.6 Å². The number of halogens is 1. The molecule has 68 valence electrons. The Hall–Kier alpha value is -0.0400. The van der Waals surface area contributed by atoms with E-state index in [0.717, 1.165) is 26.1 Å². The second kappa shape index (κ2) is 3.02. The lowest BCUT2D eigenvalue weighted by Gasteiger charge is -2.36. The Balaban J connectivity index is 2.05. The van der Waals surface area contributed by atoms with Crippen molar-refractivity contribution >= 4 is 28.9 Å². The van der Waals surface area contributed by atoms with Crippen molar-refractivity contribution in [3.8, 4) is 0 Å². The van der Waals surface area contributed by atoms with Gasteiger partial charge >= 0.3 is 6.03 Å². The maximum Gasteiger partial charge on any atom is 0.315 e. The summed E-state index contributed by atoms with van der Waals surface area (Å²) in [5.74, 6) is 0. The van der Waals surface area contributed by atoms with Crippen LogP contribution in [0.25, 0.3) is 0 Å². The molecule has 2 rings (SSSR count). The zero-order valence-corrected chi connectivity index (χ0v) is 8.93. The Kier molecular flexibility index (Phi) is 2.16. The van der Waals surface area contributed by atoms with Gasteiger partial charge in [-0.15, -0.1) is 0 Å². The van der Waals surface area contributed by atoms with E-state index in [9.17, 15) is 4.79 Å². The molecule has 2 fully saturated rings. The van der Waals surface area contributed by atoms with Crippen molar-refractivity contribution in [2.45, 2.75) is 18.4 Å². The van der Waals surface area contributed by atoms with E-state index in [2.05, 4.69) is 36.6 Å². The van der Waals surface area contributed by atoms with Gasteiger partial charge < -0.3 is 10.6 Å². The van der Waals surface area contributed by atoms with Crippen LogP contribution in [0.1, 0.15) is 12.8 Å². The van der Waals surface area contributed by atoms with E-state index >= 15 is 0 Å². The molecule has 0 saturated carbocycles. The lowest BCUT2D eigenvalue weighted by atomic mass is 9.91. The first-order valence-corrected chi connectivity index (χ1v) is 5.13. The Labute approximate surface area is 85.6 Å². The third-order valence-corrected chi connectivity index (χ3v) is 3.32. The topological polar surface area (TPSA) is 44.4 Å². The highest BCUT2D eigenvalue weighted by Crippen LogP contribution is 2.24. The van der Waals surface area contributed by atoms with Gasteiger partial charge in [-0.2, -0.15) is 0 Å². The minimum atomic E-state index is -0.0123. The molecule has 2 N–H and O–H groups in total. The van der Waals surface area contributed by atoms with Gasteiger partial charge in [0.25, 0.3) is 0 Å². The van der Waals surface area contributed by atoms with E-state index in [1.807, 2.05) is 0 Å². The third kappa shape index (κ3) is 1.52. The summed E-state index contributed by atoms with van der Waals surface area (Å²) < 4.78 is 2.24. The van der Waals surface area contributed by atoms with Crippen molar-refractivity contribution in [2.24, 2.45) is 0 Å². The molecule has 2 aliphatic heterocycles. The number of nitrogens with zero attached hydrogens (tertiary/aromatic N) is 1. The molecule has 0 aliphatic carbocycles. The molecule has 0 radical (unpaired) electrons. The predicted octanol–water partition coefficient (Wildman–Crippen LogP) is 0.484. The summed E-state index contributed by atoms with van der Waals surface area (Å²) in [6, 6.07) is -0.0123. The summed E-state index contributed by atoms with van der Waals surface area (Å²) in [5, 5.41) is 5.82. The van der Waals surface area contributed by atoms with Gasteiger partial charge in [-0.25, -0.2) is 7.91 Å². The fraction of sp³-hybridized carbons (Fsp3) is 0.857. The van der Waals surface area contributed by atoms with E-state index in [1.54, 1.807) is 0 Å². The van der Waals surface area contributed by atoms with Crippen LogP contribution in [0.15, 0.2) is 0 Å². The minimum absolute atomic E-state index is 0.0123. The SMILES string of the molecule is O=C1NCC2(CCCN(I)C2)N1. The van der Waals surface area contributed by atoms with E-state index < -0.39 is 0 Å². The van der Waals surface area contributed by atoms with Gasteiger partial charge in [0.15, 0.2) is 0 Å². The Morgan fingerprint density at radius 3 is 3.00 bits per heavy atom. The van der Waals surface area contributed by atoms with E-state index in [0.29, 0.717) is 0 Å². The van der Waals surface area contributed by atoms with Gasteiger partial charge in [0.2, 0.25) is 0 Å². The van der Waals surface area contributed by atoms with Gasteiger partial charge in [0, 0.05) is 42.5 Å². The molecule has 1 spiro atoms. The summed E-state index contributed by atoms with van der Waals surface area (Å²) in [4.78, 5) is 11.0. The van der Waals surface area contributed by atoms with Crippen molar-refractivity contribution in [3.63, 3.8) is 0 Å². The molecule has 0 aromatic carbocycles. The molecule has 2 amide bonds. The van der Waals surface area contributed by atoms with Gasteiger partial charge in [-0.1, -0.05) is 0 Å². The monoisotopic (exact) mass is 281 g/mol. The average molecular weight is 281 g/mol. The molecule has 1 atom stereocenters. The molecule has 0 aromatic heterocycles. The van der Waals surface area contributed by atoms with Gasteiger partial charge in [0.1, 0.15) is 0 Å². The van der Waals surface area contributed by atoms with Crippen LogP contribution in [0.3, 0.4) is 0 Å². The number of hydrogen-bond donors (Lipinski definition) is 2. The fourth-order valence-corrected chi connectivity index (χ4v) is 2.89. The number of amides is 2. The number of piperidine rings is 1. The second-order valence-electron chi connectivity index (χ2n) is 3.54. The van der Waals surface area contributed by atoms with E-state index in [1.165, 1.54) is 6.42 Å². The Bertz CT molecular complexity index is 211. The average Bonchev–Trinajstić information content (AvgIpc) is 2.32. The smallest absolute Gasteiger partial charge is 0.315 e. The van der Waals surface area contributed by atoms with Crippen LogP contribution in [0.4, 0.5) is 4.79 Å². The normalized spacial score (nSPS) is 36.6. The Morgan fingerprint density at radius 1 is 1.58 bits per heavy atom. The van der Waals surface area contributed by atoms with Gasteiger partial charge in [0.05, 0.1) is 5.54 Å². The lowest BCUT2D eigenvalue weighted by molar-refractivity contribution is 0.226. The largest absolute Gasteiger partial charge is 0.336 e. The molecular weight excluding hydrogens is 269 g/mol. The van der Waals surface area contributed by atoms with E-state index in [4.69, 9.17) is 0 Å². The summed E-state index contributed by atoms with van der Waals surface area (Å²) >= 11 is 2.32. The highest BCUT2D eigenvalue weighted by atomic mass is 127. The van der Waals surface area contributed by atoms with Crippen LogP contribution in [0.2, 0.25) is 0 Å². The summed E-state index contributed by atoms with van der Waals surface area (Å²) in [6.45, 7) is 2.88. The maximum atomic E-state index is 11.0. The van der Waals surface area contributed by atoms with Gasteiger partial charge in [-0.05, 0) is 12.8 Å². The Morgan fingerprint density at radius 2 is 2.42 bits per heavy atom. The summed E-state index contributed by atoms with van der Waals surface area (Å²) in [7, 11) is 0. The van der Waals surface area contributed by atoms with Crippen molar-refractivity contribution in [3.05, 3.63) is 0 Å². The van der Waals surface area contributed by atoms with Gasteiger partial charge in [-0.3, -0.25) is 0 Å². The van der Waals surface area contributed by atoms with Crippen LogP contribution in [0, 0.1) is 0 Å². The molecule has 0 aromatic rings. The minimum Gasteiger partial charge on any atom is -0.336 e. The molecule has 2 heterocycles. The first-order chi connectivity index (χ1) is 5.70. The molecular formula is C7H12IN3O. The van der Waals surface area contributed by atoms with Crippen molar-refractivity contribution in [1.29, 1.82) is 0 Å². The van der Waals surface area contributed by atoms with Crippen LogP contribution in [0.5, 0.6) is 0 Å². The quantitative estimate of drug-likeness (QED) is 0.501. The molecule has 4 nitrogen and oxygen atoms in total. The number of carbonyl (C=O) groups is 1. The number of rotatable bonds is 0. The third-order valence-electron chi connectivity index (χ3n) is 2.50. The van der Waals surface area contributed by atoms with Crippen molar-refractivity contribution < 1.29 is 4.79 Å². The maximum absolute atomic E-state index is 11.0. The van der Waals surface area contributed by atoms with Crippen LogP contribution >= 0.6 is 22.9 Å². The zero-order chi connectivity index (χ0) is 8.60. The highest BCUT2D eigenvalue weighted by molar-refractivity contribution is 14.1. The fourth-order valence-electron chi connectivity index (χ4n) is 1.90. The summed E-state index contributed by atoms with van der Waals surface area (Å²) in [5.41, 5.74) is 0.0243. The zero-order valence-electron chi connectivity index (χ0n) is 6.77. The lowest BCUT2D eigenvalue weighted by Crippen LogP contribution is -2.53. The van der Waals surface area contributed by atoms with Crippen molar-refractivity contribution in [1.82, 2.24) is 13.7 Å². The number of nitrogens with one attached hydrogen (secondary N) is 2.